The lowest BCUT2D eigenvalue weighted by Crippen LogP contribution is -2.47. The molecule has 0 heterocycles. The lowest BCUT2D eigenvalue weighted by Gasteiger charge is -2.36. The molecule has 0 atom stereocenters. The minimum absolute atomic E-state index is 0.121. The largest absolute Gasteiger partial charge is 0.491 e. The van der Waals surface area contributed by atoms with Gasteiger partial charge in [0.15, 0.2) is 0 Å². The average Bonchev–Trinajstić information content (AvgIpc) is 2.40. The van der Waals surface area contributed by atoms with E-state index >= 15 is 0 Å². The third-order valence-corrected chi connectivity index (χ3v) is 3.53. The highest BCUT2D eigenvalue weighted by Crippen LogP contribution is 2.30. The maximum Gasteiger partial charge on any atom is 0.244 e. The summed E-state index contributed by atoms with van der Waals surface area (Å²) in [7, 11) is 0. The Balaban J connectivity index is 1.86. The second-order valence-corrected chi connectivity index (χ2v) is 5.87. The SMILES string of the molecule is CC(C)Oc1cccc(C=CC(=O)NCC2(O)CCC2)c1. The molecule has 21 heavy (non-hydrogen) atoms. The molecule has 0 aliphatic heterocycles. The Morgan fingerprint density at radius 2 is 2.24 bits per heavy atom. The Labute approximate surface area is 125 Å². The van der Waals surface area contributed by atoms with Gasteiger partial charge in [-0.3, -0.25) is 4.79 Å². The van der Waals surface area contributed by atoms with E-state index in [1.54, 1.807) is 6.08 Å². The number of benzene rings is 1. The standard InChI is InChI=1S/C17H23NO3/c1-13(2)21-15-6-3-5-14(11-15)7-8-16(19)18-12-17(20)9-4-10-17/h3,5-8,11,13,20H,4,9-10,12H2,1-2H3,(H,18,19). The van der Waals surface area contributed by atoms with Gasteiger partial charge in [-0.05, 0) is 56.9 Å². The summed E-state index contributed by atoms with van der Waals surface area (Å²) < 4.78 is 5.61. The van der Waals surface area contributed by atoms with Gasteiger partial charge >= 0.3 is 0 Å². The monoisotopic (exact) mass is 289 g/mol. The van der Waals surface area contributed by atoms with E-state index in [9.17, 15) is 9.90 Å². The lowest BCUT2D eigenvalue weighted by atomic mass is 9.80. The topological polar surface area (TPSA) is 58.6 Å². The summed E-state index contributed by atoms with van der Waals surface area (Å²) in [6.45, 7) is 4.27. The van der Waals surface area contributed by atoms with Gasteiger partial charge in [0.2, 0.25) is 5.91 Å². The van der Waals surface area contributed by atoms with Crippen molar-refractivity contribution < 1.29 is 14.6 Å². The Morgan fingerprint density at radius 3 is 2.86 bits per heavy atom. The number of carbonyl (C=O) groups is 1. The molecule has 1 saturated carbocycles. The van der Waals surface area contributed by atoms with Crippen LogP contribution in [0.15, 0.2) is 30.3 Å². The second kappa shape index (κ2) is 6.76. The Bertz CT molecular complexity index is 519. The first-order chi connectivity index (χ1) is 9.97. The van der Waals surface area contributed by atoms with Crippen molar-refractivity contribution in [1.82, 2.24) is 5.32 Å². The number of rotatable bonds is 6. The van der Waals surface area contributed by atoms with E-state index in [4.69, 9.17) is 4.74 Å². The number of aliphatic hydroxyl groups is 1. The lowest BCUT2D eigenvalue weighted by molar-refractivity contribution is -0.118. The van der Waals surface area contributed by atoms with Crippen LogP contribution in [0.25, 0.3) is 6.08 Å². The zero-order valence-electron chi connectivity index (χ0n) is 12.6. The van der Waals surface area contributed by atoms with Gasteiger partial charge in [0, 0.05) is 12.6 Å². The Morgan fingerprint density at radius 1 is 1.48 bits per heavy atom. The molecule has 4 heteroatoms. The van der Waals surface area contributed by atoms with Crippen molar-refractivity contribution >= 4 is 12.0 Å². The molecule has 114 valence electrons. The molecule has 1 amide bonds. The van der Waals surface area contributed by atoms with Gasteiger partial charge in [-0.15, -0.1) is 0 Å². The molecular weight excluding hydrogens is 266 g/mol. The molecule has 1 fully saturated rings. The number of hydrogen-bond donors (Lipinski definition) is 2. The molecule has 0 bridgehead atoms. The summed E-state index contributed by atoms with van der Waals surface area (Å²) in [4.78, 5) is 11.7. The van der Waals surface area contributed by atoms with Crippen LogP contribution in [0, 0.1) is 0 Å². The minimum Gasteiger partial charge on any atom is -0.491 e. The van der Waals surface area contributed by atoms with Crippen molar-refractivity contribution in [2.24, 2.45) is 0 Å². The van der Waals surface area contributed by atoms with Crippen LogP contribution in [0.4, 0.5) is 0 Å². The van der Waals surface area contributed by atoms with E-state index < -0.39 is 5.60 Å². The van der Waals surface area contributed by atoms with Crippen molar-refractivity contribution in [3.8, 4) is 5.75 Å². The number of hydrogen-bond acceptors (Lipinski definition) is 3. The molecule has 4 nitrogen and oxygen atoms in total. The van der Waals surface area contributed by atoms with Crippen molar-refractivity contribution in [2.75, 3.05) is 6.54 Å². The Kier molecular flexibility index (Phi) is 5.02. The molecule has 1 aromatic carbocycles. The van der Waals surface area contributed by atoms with E-state index in [2.05, 4.69) is 5.32 Å². The first-order valence-corrected chi connectivity index (χ1v) is 7.42. The highest BCUT2D eigenvalue weighted by molar-refractivity contribution is 5.91. The number of ether oxygens (including phenoxy) is 1. The first-order valence-electron chi connectivity index (χ1n) is 7.42. The van der Waals surface area contributed by atoms with E-state index in [1.165, 1.54) is 6.08 Å². The highest BCUT2D eigenvalue weighted by atomic mass is 16.5. The molecule has 0 saturated heterocycles. The summed E-state index contributed by atoms with van der Waals surface area (Å²) in [5.41, 5.74) is 0.222. The smallest absolute Gasteiger partial charge is 0.244 e. The van der Waals surface area contributed by atoms with Crippen LogP contribution >= 0.6 is 0 Å². The van der Waals surface area contributed by atoms with Crippen LogP contribution in [-0.2, 0) is 4.79 Å². The average molecular weight is 289 g/mol. The molecule has 2 rings (SSSR count). The second-order valence-electron chi connectivity index (χ2n) is 5.87. The van der Waals surface area contributed by atoms with Crippen LogP contribution in [-0.4, -0.2) is 29.3 Å². The van der Waals surface area contributed by atoms with Crippen molar-refractivity contribution in [1.29, 1.82) is 0 Å². The summed E-state index contributed by atoms with van der Waals surface area (Å²) >= 11 is 0. The zero-order chi connectivity index (χ0) is 15.3. The van der Waals surface area contributed by atoms with Gasteiger partial charge in [0.05, 0.1) is 11.7 Å². The fourth-order valence-electron chi connectivity index (χ4n) is 2.21. The van der Waals surface area contributed by atoms with Gasteiger partial charge in [-0.1, -0.05) is 12.1 Å². The van der Waals surface area contributed by atoms with Crippen LogP contribution in [0.5, 0.6) is 5.75 Å². The molecule has 0 radical (unpaired) electrons. The molecular formula is C17H23NO3. The van der Waals surface area contributed by atoms with Crippen molar-refractivity contribution in [3.63, 3.8) is 0 Å². The van der Waals surface area contributed by atoms with Gasteiger partial charge < -0.3 is 15.2 Å². The molecule has 1 aliphatic rings. The van der Waals surface area contributed by atoms with Crippen molar-refractivity contribution in [2.45, 2.75) is 44.8 Å². The van der Waals surface area contributed by atoms with Crippen LogP contribution < -0.4 is 10.1 Å². The van der Waals surface area contributed by atoms with Gasteiger partial charge in [0.1, 0.15) is 5.75 Å². The quantitative estimate of drug-likeness (QED) is 0.791. The van der Waals surface area contributed by atoms with Crippen molar-refractivity contribution in [3.05, 3.63) is 35.9 Å². The van der Waals surface area contributed by atoms with E-state index in [0.717, 1.165) is 30.6 Å². The summed E-state index contributed by atoms with van der Waals surface area (Å²) in [6.07, 6.45) is 5.92. The maximum absolute atomic E-state index is 11.7. The zero-order valence-corrected chi connectivity index (χ0v) is 12.6. The molecule has 1 aromatic rings. The third-order valence-electron chi connectivity index (χ3n) is 3.53. The fraction of sp³-hybridized carbons (Fsp3) is 0.471. The predicted molar refractivity (Wildman–Crippen MR) is 83.1 cm³/mol. The molecule has 0 unspecified atom stereocenters. The highest BCUT2D eigenvalue weighted by Gasteiger charge is 2.34. The molecule has 0 aromatic heterocycles. The number of amides is 1. The van der Waals surface area contributed by atoms with Gasteiger partial charge in [-0.2, -0.15) is 0 Å². The predicted octanol–water partition coefficient (Wildman–Crippen LogP) is 2.52. The number of carbonyl (C=O) groups excluding carboxylic acids is 1. The van der Waals surface area contributed by atoms with Gasteiger partial charge in [-0.25, -0.2) is 0 Å². The normalized spacial score (nSPS) is 16.8. The molecule has 2 N–H and O–H groups in total. The van der Waals surface area contributed by atoms with E-state index in [0.29, 0.717) is 6.54 Å². The number of nitrogens with one attached hydrogen (secondary N) is 1. The van der Waals surface area contributed by atoms with Crippen LogP contribution in [0.1, 0.15) is 38.7 Å². The third kappa shape index (κ3) is 4.90. The summed E-state index contributed by atoms with van der Waals surface area (Å²) in [5.74, 6) is 0.599. The Hall–Kier alpha value is -1.81. The summed E-state index contributed by atoms with van der Waals surface area (Å²) in [6, 6.07) is 7.59. The van der Waals surface area contributed by atoms with E-state index in [-0.39, 0.29) is 12.0 Å². The maximum atomic E-state index is 11.7. The van der Waals surface area contributed by atoms with Crippen LogP contribution in [0.3, 0.4) is 0 Å². The fourth-order valence-corrected chi connectivity index (χ4v) is 2.21. The van der Waals surface area contributed by atoms with Crippen LogP contribution in [0.2, 0.25) is 0 Å². The summed E-state index contributed by atoms with van der Waals surface area (Å²) in [5, 5.41) is 12.6. The molecule has 0 spiro atoms. The van der Waals surface area contributed by atoms with Gasteiger partial charge in [0.25, 0.3) is 0 Å². The minimum atomic E-state index is -0.686. The van der Waals surface area contributed by atoms with E-state index in [1.807, 2.05) is 38.1 Å². The molecule has 1 aliphatic carbocycles. The first kappa shape index (κ1) is 15.6.